The Morgan fingerprint density at radius 3 is 2.88 bits per heavy atom. The first kappa shape index (κ1) is 10.8. The Morgan fingerprint density at radius 2 is 2.19 bits per heavy atom. The Kier molecular flexibility index (Phi) is 3.27. The fraction of sp³-hybridized carbons (Fsp3) is 0.0833. The molecule has 0 saturated heterocycles. The van der Waals surface area contributed by atoms with E-state index >= 15 is 0 Å². The van der Waals surface area contributed by atoms with E-state index in [0.717, 1.165) is 0 Å². The van der Waals surface area contributed by atoms with E-state index in [1.165, 1.54) is 0 Å². The molecule has 0 bridgehead atoms. The number of Topliss-reactive ketones (excluding diaryl/α,β-unsaturated/α-hetero) is 1. The molecule has 0 aliphatic carbocycles. The van der Waals surface area contributed by atoms with E-state index in [9.17, 15) is 4.79 Å². The first-order valence-electron chi connectivity index (χ1n) is 4.80. The summed E-state index contributed by atoms with van der Waals surface area (Å²) < 4.78 is 5.32. The summed E-state index contributed by atoms with van der Waals surface area (Å²) in [5, 5.41) is 0.588. The normalized spacial score (nSPS) is 10.1. The van der Waals surface area contributed by atoms with Gasteiger partial charge in [-0.25, -0.2) is 0 Å². The zero-order valence-electron chi connectivity index (χ0n) is 8.44. The van der Waals surface area contributed by atoms with Gasteiger partial charge in [-0.15, -0.1) is 0 Å². The quantitative estimate of drug-likeness (QED) is 0.828. The molecule has 0 spiro atoms. The van der Waals surface area contributed by atoms with Gasteiger partial charge in [-0.3, -0.25) is 4.79 Å². The van der Waals surface area contributed by atoms with Crippen molar-refractivity contribution in [1.29, 1.82) is 0 Å². The number of ketones is 1. The van der Waals surface area contributed by atoms with E-state index in [4.69, 9.17) is 16.3 Å². The van der Waals surface area contributed by atoms with Gasteiger partial charge in [-0.2, -0.15) is 0 Å². The maximum absolute atomic E-state index is 11.6. The van der Waals surface area contributed by atoms with Gasteiger partial charge < -0.3 is 9.72 Å². The minimum Gasteiger partial charge on any atom is -0.485 e. The molecule has 2 aromatic rings. The average molecular weight is 236 g/mol. The van der Waals surface area contributed by atoms with Crippen LogP contribution in [0.5, 0.6) is 5.75 Å². The molecule has 16 heavy (non-hydrogen) atoms. The van der Waals surface area contributed by atoms with E-state index in [1.54, 1.807) is 42.6 Å². The second-order valence-corrected chi connectivity index (χ2v) is 3.69. The van der Waals surface area contributed by atoms with Crippen LogP contribution in [0, 0.1) is 0 Å². The number of benzene rings is 1. The van der Waals surface area contributed by atoms with E-state index < -0.39 is 0 Å². The van der Waals surface area contributed by atoms with Gasteiger partial charge in [-0.05, 0) is 30.3 Å². The van der Waals surface area contributed by atoms with Crippen molar-refractivity contribution in [2.24, 2.45) is 0 Å². The van der Waals surface area contributed by atoms with Crippen LogP contribution in [0.15, 0.2) is 42.6 Å². The third-order valence-electron chi connectivity index (χ3n) is 2.06. The lowest BCUT2D eigenvalue weighted by molar-refractivity contribution is 0.0917. The van der Waals surface area contributed by atoms with Crippen LogP contribution in [0.2, 0.25) is 5.02 Å². The van der Waals surface area contributed by atoms with E-state index in [1.807, 2.05) is 0 Å². The molecular weight excluding hydrogens is 226 g/mol. The Bertz CT molecular complexity index is 480. The maximum Gasteiger partial charge on any atom is 0.216 e. The zero-order chi connectivity index (χ0) is 11.4. The van der Waals surface area contributed by atoms with Crippen LogP contribution in [-0.2, 0) is 0 Å². The molecule has 82 valence electrons. The van der Waals surface area contributed by atoms with E-state index in [-0.39, 0.29) is 12.4 Å². The van der Waals surface area contributed by atoms with Gasteiger partial charge in [0.25, 0.3) is 0 Å². The minimum atomic E-state index is -0.0926. The number of ether oxygens (including phenoxy) is 1. The molecule has 0 fully saturated rings. The molecule has 1 heterocycles. The fourth-order valence-corrected chi connectivity index (χ4v) is 1.47. The predicted molar refractivity (Wildman–Crippen MR) is 62.1 cm³/mol. The van der Waals surface area contributed by atoms with Crippen LogP contribution in [0.3, 0.4) is 0 Å². The second kappa shape index (κ2) is 4.86. The highest BCUT2D eigenvalue weighted by molar-refractivity contribution is 6.30. The highest BCUT2D eigenvalue weighted by Crippen LogP contribution is 2.17. The first-order valence-corrected chi connectivity index (χ1v) is 5.18. The van der Waals surface area contributed by atoms with Crippen molar-refractivity contribution in [1.82, 2.24) is 4.98 Å². The summed E-state index contributed by atoms with van der Waals surface area (Å²) >= 11 is 5.79. The number of carbonyl (C=O) groups excluding carboxylic acids is 1. The summed E-state index contributed by atoms with van der Waals surface area (Å²) in [6, 6.07) is 10.4. The topological polar surface area (TPSA) is 42.1 Å². The summed E-state index contributed by atoms with van der Waals surface area (Å²) in [6.07, 6.45) is 1.70. The lowest BCUT2D eigenvalue weighted by Gasteiger charge is -2.04. The minimum absolute atomic E-state index is 0.000849. The largest absolute Gasteiger partial charge is 0.485 e. The highest BCUT2D eigenvalue weighted by Gasteiger charge is 2.06. The molecule has 0 saturated carbocycles. The Hall–Kier alpha value is -1.74. The van der Waals surface area contributed by atoms with Crippen molar-refractivity contribution >= 4 is 17.4 Å². The molecule has 0 radical (unpaired) electrons. The SMILES string of the molecule is O=C(COc1cccc(Cl)c1)c1ccc[nH]1. The standard InChI is InChI=1S/C12H10ClNO2/c13-9-3-1-4-10(7-9)16-8-12(15)11-5-2-6-14-11/h1-7,14H,8H2. The first-order chi connectivity index (χ1) is 7.75. The van der Waals surface area contributed by atoms with Crippen LogP contribution in [0.4, 0.5) is 0 Å². The highest BCUT2D eigenvalue weighted by atomic mass is 35.5. The number of hydrogen-bond acceptors (Lipinski definition) is 2. The lowest BCUT2D eigenvalue weighted by Crippen LogP contribution is -2.11. The number of aromatic amines is 1. The van der Waals surface area contributed by atoms with Crippen LogP contribution in [0.1, 0.15) is 10.5 Å². The number of H-pyrrole nitrogens is 1. The number of hydrogen-bond donors (Lipinski definition) is 1. The molecule has 0 atom stereocenters. The number of rotatable bonds is 4. The van der Waals surface area contributed by atoms with Crippen LogP contribution < -0.4 is 4.74 Å². The molecule has 0 aliphatic rings. The number of carbonyl (C=O) groups is 1. The van der Waals surface area contributed by atoms with E-state index in [2.05, 4.69) is 4.98 Å². The second-order valence-electron chi connectivity index (χ2n) is 3.25. The summed E-state index contributed by atoms with van der Waals surface area (Å²) in [5.74, 6) is 0.498. The van der Waals surface area contributed by atoms with Gasteiger partial charge >= 0.3 is 0 Å². The van der Waals surface area contributed by atoms with Gasteiger partial charge in [0, 0.05) is 11.2 Å². The molecular formula is C12H10ClNO2. The zero-order valence-corrected chi connectivity index (χ0v) is 9.20. The van der Waals surface area contributed by atoms with Crippen molar-refractivity contribution in [3.8, 4) is 5.75 Å². The van der Waals surface area contributed by atoms with Gasteiger partial charge in [-0.1, -0.05) is 17.7 Å². The molecule has 0 unspecified atom stereocenters. The molecule has 4 heteroatoms. The molecule has 1 aromatic carbocycles. The molecule has 1 N–H and O–H groups in total. The number of halogens is 1. The fourth-order valence-electron chi connectivity index (χ4n) is 1.29. The van der Waals surface area contributed by atoms with E-state index in [0.29, 0.717) is 16.5 Å². The van der Waals surface area contributed by atoms with Crippen molar-refractivity contribution in [3.63, 3.8) is 0 Å². The number of nitrogens with one attached hydrogen (secondary N) is 1. The third-order valence-corrected chi connectivity index (χ3v) is 2.30. The van der Waals surface area contributed by atoms with Crippen LogP contribution in [0.25, 0.3) is 0 Å². The van der Waals surface area contributed by atoms with Crippen LogP contribution >= 0.6 is 11.6 Å². The molecule has 0 amide bonds. The van der Waals surface area contributed by atoms with Crippen molar-refractivity contribution in [2.75, 3.05) is 6.61 Å². The third kappa shape index (κ3) is 2.64. The average Bonchev–Trinajstić information content (AvgIpc) is 2.79. The smallest absolute Gasteiger partial charge is 0.216 e. The van der Waals surface area contributed by atoms with Crippen molar-refractivity contribution in [3.05, 3.63) is 53.3 Å². The lowest BCUT2D eigenvalue weighted by atomic mass is 10.3. The van der Waals surface area contributed by atoms with Gasteiger partial charge in [0.2, 0.25) is 5.78 Å². The molecule has 3 nitrogen and oxygen atoms in total. The summed E-state index contributed by atoms with van der Waals surface area (Å²) in [5.41, 5.74) is 0.544. The monoisotopic (exact) mass is 235 g/mol. The summed E-state index contributed by atoms with van der Waals surface area (Å²) in [7, 11) is 0. The van der Waals surface area contributed by atoms with Gasteiger partial charge in [0.15, 0.2) is 6.61 Å². The molecule has 1 aromatic heterocycles. The Morgan fingerprint density at radius 1 is 1.31 bits per heavy atom. The molecule has 0 aliphatic heterocycles. The Labute approximate surface area is 98.0 Å². The van der Waals surface area contributed by atoms with Crippen molar-refractivity contribution in [2.45, 2.75) is 0 Å². The van der Waals surface area contributed by atoms with Crippen LogP contribution in [-0.4, -0.2) is 17.4 Å². The summed E-state index contributed by atoms with van der Waals surface area (Å²) in [6.45, 7) is 0.000849. The number of aromatic nitrogens is 1. The van der Waals surface area contributed by atoms with Gasteiger partial charge in [0.05, 0.1) is 5.69 Å². The summed E-state index contributed by atoms with van der Waals surface area (Å²) in [4.78, 5) is 14.4. The predicted octanol–water partition coefficient (Wildman–Crippen LogP) is 2.93. The van der Waals surface area contributed by atoms with Gasteiger partial charge in [0.1, 0.15) is 5.75 Å². The maximum atomic E-state index is 11.6. The Balaban J connectivity index is 1.95. The molecule has 2 rings (SSSR count). The van der Waals surface area contributed by atoms with Crippen molar-refractivity contribution < 1.29 is 9.53 Å².